The van der Waals surface area contributed by atoms with Crippen LogP contribution in [0.3, 0.4) is 0 Å². The third kappa shape index (κ3) is 3.65. The van der Waals surface area contributed by atoms with Gasteiger partial charge in [0.1, 0.15) is 11.8 Å². The maximum atomic E-state index is 12.7. The second-order valence-electron chi connectivity index (χ2n) is 7.31. The van der Waals surface area contributed by atoms with E-state index < -0.39 is 0 Å². The third-order valence-electron chi connectivity index (χ3n) is 5.17. The van der Waals surface area contributed by atoms with Crippen LogP contribution in [0.5, 0.6) is 0 Å². The van der Waals surface area contributed by atoms with Gasteiger partial charge in [0.25, 0.3) is 5.91 Å². The van der Waals surface area contributed by atoms with E-state index in [4.69, 9.17) is 9.15 Å². The van der Waals surface area contributed by atoms with E-state index in [2.05, 4.69) is 5.10 Å². The van der Waals surface area contributed by atoms with Gasteiger partial charge in [-0.2, -0.15) is 5.10 Å². The molecule has 1 aliphatic heterocycles. The summed E-state index contributed by atoms with van der Waals surface area (Å²) < 4.78 is 10.7. The van der Waals surface area contributed by atoms with Crippen molar-refractivity contribution in [3.8, 4) is 0 Å². The smallest absolute Gasteiger partial charge is 0.309 e. The molecular formula is C21H22N2O4. The molecule has 1 aromatic heterocycles. The molecule has 1 saturated carbocycles. The lowest BCUT2D eigenvalue weighted by Gasteiger charge is -2.19. The molecule has 0 bridgehead atoms. The van der Waals surface area contributed by atoms with Gasteiger partial charge >= 0.3 is 5.97 Å². The van der Waals surface area contributed by atoms with E-state index in [1.54, 1.807) is 12.3 Å². The second kappa shape index (κ2) is 7.02. The van der Waals surface area contributed by atoms with E-state index in [0.29, 0.717) is 18.1 Å². The van der Waals surface area contributed by atoms with Gasteiger partial charge in [0.2, 0.25) is 0 Å². The molecule has 4 rings (SSSR count). The van der Waals surface area contributed by atoms with E-state index >= 15 is 0 Å². The van der Waals surface area contributed by atoms with Crippen molar-refractivity contribution in [2.24, 2.45) is 16.9 Å². The Morgan fingerprint density at radius 1 is 1.26 bits per heavy atom. The highest BCUT2D eigenvalue weighted by Crippen LogP contribution is 2.38. The highest BCUT2D eigenvalue weighted by Gasteiger charge is 2.41. The van der Waals surface area contributed by atoms with Crippen molar-refractivity contribution in [3.63, 3.8) is 0 Å². The van der Waals surface area contributed by atoms with E-state index in [1.165, 1.54) is 5.01 Å². The number of amides is 1. The molecule has 0 radical (unpaired) electrons. The van der Waals surface area contributed by atoms with E-state index in [-0.39, 0.29) is 30.4 Å². The molecule has 2 aliphatic rings. The molecule has 0 saturated heterocycles. The van der Waals surface area contributed by atoms with Crippen LogP contribution in [-0.4, -0.2) is 29.2 Å². The molecule has 1 amide bonds. The van der Waals surface area contributed by atoms with Gasteiger partial charge in [-0.1, -0.05) is 36.8 Å². The van der Waals surface area contributed by atoms with Gasteiger partial charge in [-0.25, -0.2) is 5.01 Å². The lowest BCUT2D eigenvalue weighted by Crippen LogP contribution is -2.31. The van der Waals surface area contributed by atoms with Crippen LogP contribution >= 0.6 is 0 Å². The SMILES string of the molecule is Cc1ccc(C2=NN(C(=O)COC(=O)C3CC3C)C(c3ccco3)C2)cc1. The summed E-state index contributed by atoms with van der Waals surface area (Å²) in [5.74, 6) is 0.300. The average Bonchev–Trinajstić information content (AvgIpc) is 3.08. The fraction of sp³-hybridized carbons (Fsp3) is 0.381. The van der Waals surface area contributed by atoms with Crippen LogP contribution in [0, 0.1) is 18.8 Å². The van der Waals surface area contributed by atoms with E-state index in [0.717, 1.165) is 23.3 Å². The minimum absolute atomic E-state index is 0.0659. The predicted molar refractivity (Wildman–Crippen MR) is 98.9 cm³/mol. The number of carbonyl (C=O) groups is 2. The summed E-state index contributed by atoms with van der Waals surface area (Å²) in [4.78, 5) is 24.6. The van der Waals surface area contributed by atoms with Crippen molar-refractivity contribution < 1.29 is 18.7 Å². The van der Waals surface area contributed by atoms with E-state index in [1.807, 2.05) is 44.2 Å². The molecular weight excluding hydrogens is 344 g/mol. The Bertz CT molecular complexity index is 870. The first-order valence-electron chi connectivity index (χ1n) is 9.19. The number of hydrazone groups is 1. The highest BCUT2D eigenvalue weighted by atomic mass is 16.5. The Labute approximate surface area is 157 Å². The summed E-state index contributed by atoms with van der Waals surface area (Å²) in [5, 5.41) is 5.91. The number of esters is 1. The van der Waals surface area contributed by atoms with Crippen LogP contribution in [0.4, 0.5) is 0 Å². The largest absolute Gasteiger partial charge is 0.467 e. The summed E-state index contributed by atoms with van der Waals surface area (Å²) in [6.07, 6.45) is 2.97. The molecule has 1 aromatic carbocycles. The van der Waals surface area contributed by atoms with Crippen LogP contribution in [0.2, 0.25) is 0 Å². The Balaban J connectivity index is 1.51. The summed E-state index contributed by atoms with van der Waals surface area (Å²) in [7, 11) is 0. The van der Waals surface area contributed by atoms with Gasteiger partial charge < -0.3 is 9.15 Å². The van der Waals surface area contributed by atoms with Crippen molar-refractivity contribution in [2.75, 3.05) is 6.61 Å². The van der Waals surface area contributed by atoms with E-state index in [9.17, 15) is 9.59 Å². The molecule has 6 nitrogen and oxygen atoms in total. The standard InChI is InChI=1S/C21H22N2O4/c1-13-5-7-15(8-6-13)17-11-18(19-4-3-9-26-19)23(22-17)20(24)12-27-21(25)16-10-14(16)2/h3-9,14,16,18H,10-12H2,1-2H3. The number of benzene rings is 1. The average molecular weight is 366 g/mol. The number of carbonyl (C=O) groups excluding carboxylic acids is 2. The number of nitrogens with zero attached hydrogens (tertiary/aromatic N) is 2. The lowest BCUT2D eigenvalue weighted by atomic mass is 10.0. The van der Waals surface area contributed by atoms with Gasteiger partial charge in [-0.05, 0) is 37.0 Å². The molecule has 0 spiro atoms. The Morgan fingerprint density at radius 3 is 2.63 bits per heavy atom. The Morgan fingerprint density at radius 2 is 2.00 bits per heavy atom. The zero-order valence-electron chi connectivity index (χ0n) is 15.4. The molecule has 2 heterocycles. The molecule has 1 aliphatic carbocycles. The molecule has 140 valence electrons. The van der Waals surface area contributed by atoms with Crippen molar-refractivity contribution in [2.45, 2.75) is 32.7 Å². The van der Waals surface area contributed by atoms with Crippen LogP contribution in [-0.2, 0) is 14.3 Å². The van der Waals surface area contributed by atoms with Gasteiger partial charge in [0.05, 0.1) is 17.9 Å². The van der Waals surface area contributed by atoms with Crippen LogP contribution in [0.1, 0.15) is 42.7 Å². The minimum atomic E-state index is -0.347. The minimum Gasteiger partial charge on any atom is -0.467 e. The van der Waals surface area contributed by atoms with Crippen LogP contribution < -0.4 is 0 Å². The Hall–Kier alpha value is -2.89. The number of hydrogen-bond acceptors (Lipinski definition) is 5. The first-order chi connectivity index (χ1) is 13.0. The van der Waals surface area contributed by atoms with Gasteiger partial charge in [-0.15, -0.1) is 0 Å². The first-order valence-corrected chi connectivity index (χ1v) is 9.19. The summed E-state index contributed by atoms with van der Waals surface area (Å²) in [6.45, 7) is 3.72. The molecule has 6 heteroatoms. The summed E-state index contributed by atoms with van der Waals surface area (Å²) in [6, 6.07) is 11.3. The monoisotopic (exact) mass is 366 g/mol. The molecule has 27 heavy (non-hydrogen) atoms. The first kappa shape index (κ1) is 17.5. The van der Waals surface area contributed by atoms with Crippen LogP contribution in [0.25, 0.3) is 0 Å². The summed E-state index contributed by atoms with van der Waals surface area (Å²) in [5.41, 5.74) is 2.94. The highest BCUT2D eigenvalue weighted by molar-refractivity contribution is 6.03. The van der Waals surface area contributed by atoms with Gasteiger partial charge in [0, 0.05) is 6.42 Å². The maximum Gasteiger partial charge on any atom is 0.309 e. The number of ether oxygens (including phenoxy) is 1. The Kier molecular flexibility index (Phi) is 4.56. The summed E-state index contributed by atoms with van der Waals surface area (Å²) >= 11 is 0. The zero-order chi connectivity index (χ0) is 19.0. The molecule has 1 fully saturated rings. The predicted octanol–water partition coefficient (Wildman–Crippen LogP) is 3.46. The second-order valence-corrected chi connectivity index (χ2v) is 7.31. The normalized spacial score (nSPS) is 23.9. The molecule has 0 N–H and O–H groups in total. The quantitative estimate of drug-likeness (QED) is 0.760. The van der Waals surface area contributed by atoms with Crippen molar-refractivity contribution in [1.82, 2.24) is 5.01 Å². The molecule has 2 aromatic rings. The third-order valence-corrected chi connectivity index (χ3v) is 5.17. The van der Waals surface area contributed by atoms with Gasteiger partial charge in [-0.3, -0.25) is 9.59 Å². The fourth-order valence-corrected chi connectivity index (χ4v) is 3.32. The molecule has 3 atom stereocenters. The van der Waals surface area contributed by atoms with Crippen molar-refractivity contribution in [1.29, 1.82) is 0 Å². The number of furan rings is 1. The maximum absolute atomic E-state index is 12.7. The van der Waals surface area contributed by atoms with Crippen molar-refractivity contribution in [3.05, 3.63) is 59.5 Å². The number of hydrogen-bond donors (Lipinski definition) is 0. The number of aryl methyl sites for hydroxylation is 1. The van der Waals surface area contributed by atoms with Crippen molar-refractivity contribution >= 4 is 17.6 Å². The van der Waals surface area contributed by atoms with Crippen LogP contribution in [0.15, 0.2) is 52.2 Å². The fourth-order valence-electron chi connectivity index (χ4n) is 3.32. The topological polar surface area (TPSA) is 72.1 Å². The molecule has 3 unspecified atom stereocenters. The lowest BCUT2D eigenvalue weighted by molar-refractivity contribution is -0.154. The number of rotatable bonds is 5. The van der Waals surface area contributed by atoms with Gasteiger partial charge in [0.15, 0.2) is 6.61 Å². The zero-order valence-corrected chi connectivity index (χ0v) is 15.4.